The molecule has 0 fully saturated rings. The minimum absolute atomic E-state index is 0.182. The number of allylic oxidation sites excluding steroid dienone is 1. The lowest BCUT2D eigenvalue weighted by molar-refractivity contribution is 0.102. The Labute approximate surface area is 186 Å². The van der Waals surface area contributed by atoms with Crippen molar-refractivity contribution in [2.75, 3.05) is 5.32 Å². The number of nitrogens with zero attached hydrogens (tertiary/aromatic N) is 2. The van der Waals surface area contributed by atoms with E-state index in [0.717, 1.165) is 40.2 Å². The number of carbonyl (C=O) groups excluding carboxylic acids is 1. The summed E-state index contributed by atoms with van der Waals surface area (Å²) in [7, 11) is 0. The standard InChI is InChI=1S/C27H21N3O2/c1-18-5-2-7-21(15-18)29-27(31)20-6-3-8-22(16-20)32-26-17-25(19-11-13-28-14-12-19)30-24-10-4-9-23(24)26/h2-9,11-17H,10H2,1H3,(H,29,31). The summed E-state index contributed by atoms with van der Waals surface area (Å²) in [5.74, 6) is 1.13. The first kappa shape index (κ1) is 19.7. The predicted octanol–water partition coefficient (Wildman–Crippen LogP) is 6.07. The van der Waals surface area contributed by atoms with E-state index in [9.17, 15) is 4.79 Å². The zero-order valence-electron chi connectivity index (χ0n) is 17.6. The fourth-order valence-electron chi connectivity index (χ4n) is 3.71. The second kappa shape index (κ2) is 8.47. The Morgan fingerprint density at radius 3 is 2.69 bits per heavy atom. The van der Waals surface area contributed by atoms with Crippen LogP contribution < -0.4 is 10.1 Å². The molecule has 0 spiro atoms. The first-order valence-corrected chi connectivity index (χ1v) is 10.4. The van der Waals surface area contributed by atoms with Gasteiger partial charge in [0, 0.05) is 47.3 Å². The number of amides is 1. The van der Waals surface area contributed by atoms with Crippen LogP contribution in [0.1, 0.15) is 27.2 Å². The largest absolute Gasteiger partial charge is 0.457 e. The number of anilines is 1. The SMILES string of the molecule is Cc1cccc(NC(=O)c2cccc(Oc3cc(-c4ccncc4)nc4c3C=CC4)c2)c1. The molecular weight excluding hydrogens is 398 g/mol. The zero-order valence-corrected chi connectivity index (χ0v) is 17.6. The van der Waals surface area contributed by atoms with Crippen molar-refractivity contribution in [2.24, 2.45) is 0 Å². The highest BCUT2D eigenvalue weighted by atomic mass is 16.5. The van der Waals surface area contributed by atoms with Crippen LogP contribution in [0.5, 0.6) is 11.5 Å². The predicted molar refractivity (Wildman–Crippen MR) is 126 cm³/mol. The van der Waals surface area contributed by atoms with Gasteiger partial charge in [0.1, 0.15) is 11.5 Å². The molecule has 5 nitrogen and oxygen atoms in total. The number of nitrogens with one attached hydrogen (secondary N) is 1. The van der Waals surface area contributed by atoms with Gasteiger partial charge in [-0.25, -0.2) is 0 Å². The first-order chi connectivity index (χ1) is 15.7. The van der Waals surface area contributed by atoms with E-state index in [2.05, 4.69) is 16.4 Å². The third kappa shape index (κ3) is 4.14. The molecule has 156 valence electrons. The van der Waals surface area contributed by atoms with Gasteiger partial charge in [0.2, 0.25) is 0 Å². The van der Waals surface area contributed by atoms with Crippen LogP contribution in [0.25, 0.3) is 17.3 Å². The molecule has 0 unspecified atom stereocenters. The number of pyridine rings is 2. The second-order valence-corrected chi connectivity index (χ2v) is 7.66. The van der Waals surface area contributed by atoms with E-state index in [-0.39, 0.29) is 5.91 Å². The molecule has 0 aliphatic heterocycles. The number of fused-ring (bicyclic) bond motifs is 1. The molecule has 1 aliphatic carbocycles. The van der Waals surface area contributed by atoms with E-state index < -0.39 is 0 Å². The molecule has 1 amide bonds. The number of aryl methyl sites for hydroxylation is 1. The minimum Gasteiger partial charge on any atom is -0.457 e. The lowest BCUT2D eigenvalue weighted by atomic mass is 10.1. The average Bonchev–Trinajstić information content (AvgIpc) is 3.29. The summed E-state index contributed by atoms with van der Waals surface area (Å²) in [6.07, 6.45) is 8.37. The minimum atomic E-state index is -0.182. The maximum absolute atomic E-state index is 12.8. The fraction of sp³-hybridized carbons (Fsp3) is 0.0741. The normalized spacial score (nSPS) is 11.8. The number of hydrogen-bond donors (Lipinski definition) is 1. The molecule has 2 aromatic carbocycles. The third-order valence-corrected chi connectivity index (χ3v) is 5.27. The maximum Gasteiger partial charge on any atom is 0.255 e. The molecule has 2 heterocycles. The summed E-state index contributed by atoms with van der Waals surface area (Å²) >= 11 is 0. The fourth-order valence-corrected chi connectivity index (χ4v) is 3.71. The van der Waals surface area contributed by atoms with Gasteiger partial charge < -0.3 is 10.1 Å². The molecule has 32 heavy (non-hydrogen) atoms. The molecule has 5 heteroatoms. The maximum atomic E-state index is 12.8. The zero-order chi connectivity index (χ0) is 21.9. The van der Waals surface area contributed by atoms with Crippen LogP contribution in [0.15, 0.2) is 85.2 Å². The van der Waals surface area contributed by atoms with Gasteiger partial charge in [-0.1, -0.05) is 30.4 Å². The average molecular weight is 419 g/mol. The van der Waals surface area contributed by atoms with Gasteiger partial charge in [0.05, 0.1) is 11.4 Å². The van der Waals surface area contributed by atoms with Crippen molar-refractivity contribution in [2.45, 2.75) is 13.3 Å². The van der Waals surface area contributed by atoms with Crippen LogP contribution in [-0.2, 0) is 6.42 Å². The molecule has 0 saturated carbocycles. The Kier molecular flexibility index (Phi) is 5.22. The number of benzene rings is 2. The highest BCUT2D eigenvalue weighted by Gasteiger charge is 2.17. The Morgan fingerprint density at radius 2 is 1.84 bits per heavy atom. The Bertz CT molecular complexity index is 1330. The lowest BCUT2D eigenvalue weighted by Gasteiger charge is -2.13. The quantitative estimate of drug-likeness (QED) is 0.427. The molecule has 2 aromatic heterocycles. The van der Waals surface area contributed by atoms with Crippen molar-refractivity contribution in [3.05, 3.63) is 108 Å². The van der Waals surface area contributed by atoms with Gasteiger partial charge in [0.25, 0.3) is 5.91 Å². The summed E-state index contributed by atoms with van der Waals surface area (Å²) in [6, 6.07) is 20.7. The van der Waals surface area contributed by atoms with Crippen molar-refractivity contribution in [3.8, 4) is 22.8 Å². The van der Waals surface area contributed by atoms with Crippen molar-refractivity contribution < 1.29 is 9.53 Å². The summed E-state index contributed by atoms with van der Waals surface area (Å²) < 4.78 is 6.26. The van der Waals surface area contributed by atoms with Crippen LogP contribution >= 0.6 is 0 Å². The van der Waals surface area contributed by atoms with Crippen molar-refractivity contribution in [1.82, 2.24) is 9.97 Å². The van der Waals surface area contributed by atoms with Gasteiger partial charge in [-0.15, -0.1) is 0 Å². The van der Waals surface area contributed by atoms with Gasteiger partial charge in [-0.2, -0.15) is 0 Å². The van der Waals surface area contributed by atoms with Crippen LogP contribution in [-0.4, -0.2) is 15.9 Å². The molecule has 0 radical (unpaired) electrons. The van der Waals surface area contributed by atoms with E-state index in [1.165, 1.54) is 0 Å². The highest BCUT2D eigenvalue weighted by molar-refractivity contribution is 6.04. The Morgan fingerprint density at radius 1 is 1.00 bits per heavy atom. The molecule has 0 bridgehead atoms. The summed E-state index contributed by atoms with van der Waals surface area (Å²) in [6.45, 7) is 1.99. The topological polar surface area (TPSA) is 64.1 Å². The summed E-state index contributed by atoms with van der Waals surface area (Å²) in [4.78, 5) is 21.6. The third-order valence-electron chi connectivity index (χ3n) is 5.27. The summed E-state index contributed by atoms with van der Waals surface area (Å²) in [5.41, 5.74) is 6.13. The van der Waals surface area contributed by atoms with Gasteiger partial charge in [-0.05, 0) is 55.0 Å². The molecule has 0 atom stereocenters. The lowest BCUT2D eigenvalue weighted by Crippen LogP contribution is -2.11. The van der Waals surface area contributed by atoms with Crippen molar-refractivity contribution in [3.63, 3.8) is 0 Å². The van der Waals surface area contributed by atoms with E-state index in [1.54, 1.807) is 24.5 Å². The number of hydrogen-bond acceptors (Lipinski definition) is 4. The smallest absolute Gasteiger partial charge is 0.255 e. The highest BCUT2D eigenvalue weighted by Crippen LogP contribution is 2.35. The Balaban J connectivity index is 1.43. The first-order valence-electron chi connectivity index (χ1n) is 10.4. The molecule has 5 rings (SSSR count). The molecule has 0 saturated heterocycles. The van der Waals surface area contributed by atoms with Gasteiger partial charge in [-0.3, -0.25) is 14.8 Å². The molecule has 1 N–H and O–H groups in total. The molecule has 4 aromatic rings. The van der Waals surface area contributed by atoms with E-state index >= 15 is 0 Å². The van der Waals surface area contributed by atoms with Gasteiger partial charge >= 0.3 is 0 Å². The van der Waals surface area contributed by atoms with E-state index in [1.807, 2.05) is 67.6 Å². The van der Waals surface area contributed by atoms with E-state index in [0.29, 0.717) is 17.1 Å². The molecular formula is C27H21N3O2. The number of aromatic nitrogens is 2. The second-order valence-electron chi connectivity index (χ2n) is 7.66. The summed E-state index contributed by atoms with van der Waals surface area (Å²) in [5, 5.41) is 2.94. The van der Waals surface area contributed by atoms with Crippen LogP contribution in [0.2, 0.25) is 0 Å². The monoisotopic (exact) mass is 419 g/mol. The van der Waals surface area contributed by atoms with Crippen LogP contribution in [0.3, 0.4) is 0 Å². The number of carbonyl (C=O) groups is 1. The van der Waals surface area contributed by atoms with Gasteiger partial charge in [0.15, 0.2) is 0 Å². The molecule has 1 aliphatic rings. The van der Waals surface area contributed by atoms with Crippen molar-refractivity contribution >= 4 is 17.7 Å². The van der Waals surface area contributed by atoms with Crippen LogP contribution in [0, 0.1) is 6.92 Å². The van der Waals surface area contributed by atoms with Crippen LogP contribution in [0.4, 0.5) is 5.69 Å². The van der Waals surface area contributed by atoms with E-state index in [4.69, 9.17) is 9.72 Å². The van der Waals surface area contributed by atoms with Crippen molar-refractivity contribution in [1.29, 1.82) is 0 Å². The number of ether oxygens (including phenoxy) is 1. The Hall–Kier alpha value is -4.25. The number of rotatable bonds is 5.